The number of carbonyl (C=O) groups is 3. The summed E-state index contributed by atoms with van der Waals surface area (Å²) in [5.41, 5.74) is 1.53. The van der Waals surface area contributed by atoms with E-state index < -0.39 is 17.5 Å². The molecule has 0 aromatic heterocycles. The Bertz CT molecular complexity index is 864. The summed E-state index contributed by atoms with van der Waals surface area (Å²) < 4.78 is 0. The summed E-state index contributed by atoms with van der Waals surface area (Å²) in [6.45, 7) is 5.15. The molecular weight excluding hydrogens is 342 g/mol. The predicted molar refractivity (Wildman–Crippen MR) is 102 cm³/mol. The van der Waals surface area contributed by atoms with Crippen molar-refractivity contribution in [3.8, 4) is 0 Å². The van der Waals surface area contributed by atoms with E-state index in [2.05, 4.69) is 10.6 Å². The van der Waals surface area contributed by atoms with Gasteiger partial charge in [0.05, 0.1) is 6.04 Å². The molecule has 4 amide bonds. The van der Waals surface area contributed by atoms with Crippen LogP contribution in [0.2, 0.25) is 0 Å². The molecule has 3 rings (SSSR count). The van der Waals surface area contributed by atoms with Gasteiger partial charge < -0.3 is 10.6 Å². The van der Waals surface area contributed by atoms with Gasteiger partial charge in [0.25, 0.3) is 5.91 Å². The molecule has 1 fully saturated rings. The second-order valence-electron chi connectivity index (χ2n) is 7.01. The molecule has 1 aliphatic rings. The monoisotopic (exact) mass is 365 g/mol. The minimum Gasteiger partial charge on any atom is -0.348 e. The number of hydrogen-bond acceptors (Lipinski definition) is 3. The van der Waals surface area contributed by atoms with E-state index in [1.807, 2.05) is 68.4 Å². The van der Waals surface area contributed by atoms with Crippen LogP contribution in [-0.4, -0.2) is 29.3 Å². The fraction of sp³-hybridized carbons (Fsp3) is 0.286. The number of nitrogens with one attached hydrogen (secondary N) is 2. The highest BCUT2D eigenvalue weighted by Gasteiger charge is 2.49. The van der Waals surface area contributed by atoms with Crippen molar-refractivity contribution < 1.29 is 14.4 Å². The normalized spacial score (nSPS) is 20.3. The van der Waals surface area contributed by atoms with E-state index in [0.29, 0.717) is 5.56 Å². The molecule has 0 saturated carbocycles. The topological polar surface area (TPSA) is 78.5 Å². The molecule has 6 nitrogen and oxygen atoms in total. The van der Waals surface area contributed by atoms with Crippen LogP contribution in [0.1, 0.15) is 36.6 Å². The third-order valence-electron chi connectivity index (χ3n) is 4.88. The zero-order chi connectivity index (χ0) is 19.6. The first-order valence-electron chi connectivity index (χ1n) is 8.87. The van der Waals surface area contributed by atoms with Crippen molar-refractivity contribution in [2.45, 2.75) is 32.4 Å². The molecule has 2 aromatic rings. The maximum absolute atomic E-state index is 12.9. The summed E-state index contributed by atoms with van der Waals surface area (Å²) in [7, 11) is 0. The molecule has 2 aromatic carbocycles. The number of amides is 4. The van der Waals surface area contributed by atoms with Crippen LogP contribution in [-0.2, 0) is 15.1 Å². The van der Waals surface area contributed by atoms with Crippen LogP contribution in [0.15, 0.2) is 54.6 Å². The highest BCUT2D eigenvalue weighted by atomic mass is 16.2. The van der Waals surface area contributed by atoms with Crippen LogP contribution in [0.25, 0.3) is 0 Å². The van der Waals surface area contributed by atoms with Crippen LogP contribution in [0.5, 0.6) is 0 Å². The van der Waals surface area contributed by atoms with Gasteiger partial charge in [-0.2, -0.15) is 0 Å². The largest absolute Gasteiger partial charge is 0.348 e. The standard InChI is InChI=1S/C21H23N3O3/c1-14-9-11-17(12-10-14)21(3)19(26)24(20(27)23-21)13-18(25)22-15(2)16-7-5-4-6-8-16/h4-12,15H,13H2,1-3H3,(H,22,25)(H,23,27)/t15-,21-/m1/s1. The van der Waals surface area contributed by atoms with E-state index >= 15 is 0 Å². The van der Waals surface area contributed by atoms with Gasteiger partial charge in [-0.1, -0.05) is 60.2 Å². The summed E-state index contributed by atoms with van der Waals surface area (Å²) in [5, 5.41) is 5.54. The van der Waals surface area contributed by atoms with E-state index in [1.165, 1.54) is 0 Å². The van der Waals surface area contributed by atoms with Crippen molar-refractivity contribution >= 4 is 17.8 Å². The Kier molecular flexibility index (Phi) is 4.99. The molecule has 6 heteroatoms. The van der Waals surface area contributed by atoms with Gasteiger partial charge >= 0.3 is 6.03 Å². The van der Waals surface area contributed by atoms with Gasteiger partial charge in [-0.15, -0.1) is 0 Å². The lowest BCUT2D eigenvalue weighted by atomic mass is 9.91. The van der Waals surface area contributed by atoms with E-state index in [-0.39, 0.29) is 18.5 Å². The van der Waals surface area contributed by atoms with Gasteiger partial charge in [0.2, 0.25) is 5.91 Å². The SMILES string of the molecule is Cc1ccc([C@@]2(C)NC(=O)N(CC(=O)N[C@H](C)c3ccccc3)C2=O)cc1. The maximum Gasteiger partial charge on any atom is 0.325 e. The Morgan fingerprint density at radius 2 is 1.74 bits per heavy atom. The Labute approximate surface area is 158 Å². The van der Waals surface area contributed by atoms with Crippen LogP contribution in [0, 0.1) is 6.92 Å². The third-order valence-corrected chi connectivity index (χ3v) is 4.88. The predicted octanol–water partition coefficient (Wildman–Crippen LogP) is 2.64. The highest BCUT2D eigenvalue weighted by molar-refractivity contribution is 6.09. The van der Waals surface area contributed by atoms with Gasteiger partial charge in [0.15, 0.2) is 0 Å². The molecule has 2 atom stereocenters. The van der Waals surface area contributed by atoms with Gasteiger partial charge in [-0.3, -0.25) is 14.5 Å². The minimum absolute atomic E-state index is 0.219. The molecule has 140 valence electrons. The first-order valence-corrected chi connectivity index (χ1v) is 8.87. The number of aryl methyl sites for hydroxylation is 1. The van der Waals surface area contributed by atoms with Crippen LogP contribution in [0.4, 0.5) is 4.79 Å². The highest BCUT2D eigenvalue weighted by Crippen LogP contribution is 2.28. The molecule has 0 bridgehead atoms. The van der Waals surface area contributed by atoms with Crippen LogP contribution in [0.3, 0.4) is 0 Å². The maximum atomic E-state index is 12.9. The van der Waals surface area contributed by atoms with Gasteiger partial charge in [0, 0.05) is 0 Å². The van der Waals surface area contributed by atoms with E-state index in [9.17, 15) is 14.4 Å². The first kappa shape index (κ1) is 18.6. The number of imide groups is 1. The van der Waals surface area contributed by atoms with Crippen LogP contribution >= 0.6 is 0 Å². The smallest absolute Gasteiger partial charge is 0.325 e. The van der Waals surface area contributed by atoms with E-state index in [0.717, 1.165) is 16.0 Å². The molecule has 0 aliphatic carbocycles. The third kappa shape index (κ3) is 3.69. The summed E-state index contributed by atoms with van der Waals surface area (Å²) in [5.74, 6) is -0.818. The molecule has 1 heterocycles. The number of benzene rings is 2. The van der Waals surface area contributed by atoms with Crippen molar-refractivity contribution in [1.29, 1.82) is 0 Å². The lowest BCUT2D eigenvalue weighted by molar-refractivity contribution is -0.135. The van der Waals surface area contributed by atoms with Gasteiger partial charge in [-0.05, 0) is 31.9 Å². The second kappa shape index (κ2) is 7.23. The fourth-order valence-corrected chi connectivity index (χ4v) is 3.18. The van der Waals surface area contributed by atoms with E-state index in [4.69, 9.17) is 0 Å². The molecule has 1 aliphatic heterocycles. The van der Waals surface area contributed by atoms with Crippen molar-refractivity contribution in [3.05, 3.63) is 71.3 Å². The Hall–Kier alpha value is -3.15. The zero-order valence-corrected chi connectivity index (χ0v) is 15.7. The summed E-state index contributed by atoms with van der Waals surface area (Å²) in [4.78, 5) is 38.6. The average Bonchev–Trinajstić information content (AvgIpc) is 2.87. The molecule has 1 saturated heterocycles. The van der Waals surface area contributed by atoms with Crippen molar-refractivity contribution in [3.63, 3.8) is 0 Å². The van der Waals surface area contributed by atoms with Gasteiger partial charge in [-0.25, -0.2) is 4.79 Å². The molecule has 0 spiro atoms. The number of hydrogen-bond donors (Lipinski definition) is 2. The van der Waals surface area contributed by atoms with Crippen molar-refractivity contribution in [2.75, 3.05) is 6.54 Å². The fourth-order valence-electron chi connectivity index (χ4n) is 3.18. The Morgan fingerprint density at radius 3 is 2.37 bits per heavy atom. The van der Waals surface area contributed by atoms with Crippen molar-refractivity contribution in [1.82, 2.24) is 15.5 Å². The van der Waals surface area contributed by atoms with Crippen molar-refractivity contribution in [2.24, 2.45) is 0 Å². The van der Waals surface area contributed by atoms with Gasteiger partial charge in [0.1, 0.15) is 12.1 Å². The molecule has 0 unspecified atom stereocenters. The summed E-state index contributed by atoms with van der Waals surface area (Å²) in [6.07, 6.45) is 0. The number of urea groups is 1. The second-order valence-corrected chi connectivity index (χ2v) is 7.01. The zero-order valence-electron chi connectivity index (χ0n) is 15.7. The minimum atomic E-state index is -1.17. The average molecular weight is 365 g/mol. The molecule has 27 heavy (non-hydrogen) atoms. The Morgan fingerprint density at radius 1 is 1.11 bits per heavy atom. The quantitative estimate of drug-likeness (QED) is 0.800. The summed E-state index contributed by atoms with van der Waals surface area (Å²) >= 11 is 0. The van der Waals surface area contributed by atoms with Crippen LogP contribution < -0.4 is 10.6 Å². The summed E-state index contributed by atoms with van der Waals surface area (Å²) in [6, 6.07) is 16.1. The first-order chi connectivity index (χ1) is 12.8. The lowest BCUT2D eigenvalue weighted by Gasteiger charge is -2.22. The number of nitrogens with zero attached hydrogens (tertiary/aromatic N) is 1. The molecule has 2 N–H and O–H groups in total. The molecular formula is C21H23N3O3. The Balaban J connectivity index is 1.70. The van der Waals surface area contributed by atoms with E-state index in [1.54, 1.807) is 6.92 Å². The lowest BCUT2D eigenvalue weighted by Crippen LogP contribution is -2.43. The number of rotatable bonds is 5. The molecule has 0 radical (unpaired) electrons. The number of carbonyl (C=O) groups excluding carboxylic acids is 3.